The van der Waals surface area contributed by atoms with E-state index in [0.29, 0.717) is 11.6 Å². The van der Waals surface area contributed by atoms with Crippen molar-refractivity contribution in [2.24, 2.45) is 5.10 Å². The van der Waals surface area contributed by atoms with E-state index in [1.165, 1.54) is 0 Å². The normalized spacial score (nSPS) is 13.1. The number of furan rings is 1. The highest BCUT2D eigenvalue weighted by Gasteiger charge is 2.73. The smallest absolute Gasteiger partial charge is 0.462 e. The van der Waals surface area contributed by atoms with Crippen molar-refractivity contribution in [3.8, 4) is 17.1 Å². The van der Waals surface area contributed by atoms with Gasteiger partial charge in [0.2, 0.25) is 0 Å². The summed E-state index contributed by atoms with van der Waals surface area (Å²) in [5.41, 5.74) is -0.158. The minimum Gasteiger partial charge on any atom is -0.507 e. The van der Waals surface area contributed by atoms with Gasteiger partial charge in [-0.3, -0.25) is 10.1 Å². The van der Waals surface area contributed by atoms with E-state index in [1.54, 1.807) is 0 Å². The van der Waals surface area contributed by atoms with Crippen LogP contribution < -0.4 is 5.43 Å². The highest BCUT2D eigenvalue weighted by atomic mass is 19.4. The Bertz CT molecular complexity index is 909. The standard InChI is InChI=1S/C14H8F7N3O4/c15-12(16,13(17,18)19)14(20,21)23-22-6-8-2-4-11(28-8)9-5-7(24(26)27)1-3-10(9)25/h1-6,23,25H/b22-6+. The molecule has 1 aromatic carbocycles. The number of nitro groups is 1. The molecule has 0 saturated carbocycles. The third-order valence-electron chi connectivity index (χ3n) is 3.23. The largest absolute Gasteiger partial charge is 0.507 e. The predicted molar refractivity (Wildman–Crippen MR) is 79.1 cm³/mol. The van der Waals surface area contributed by atoms with E-state index in [4.69, 9.17) is 4.42 Å². The molecule has 0 bridgehead atoms. The molecule has 7 nitrogen and oxygen atoms in total. The van der Waals surface area contributed by atoms with E-state index in [-0.39, 0.29) is 17.1 Å². The van der Waals surface area contributed by atoms with Gasteiger partial charge in [0.05, 0.1) is 16.7 Å². The lowest BCUT2D eigenvalue weighted by Gasteiger charge is -2.27. The number of nitro benzene ring substituents is 1. The Labute approximate surface area is 150 Å². The molecule has 152 valence electrons. The molecular weight excluding hydrogens is 407 g/mol. The van der Waals surface area contributed by atoms with Crippen molar-refractivity contribution in [2.75, 3.05) is 0 Å². The number of non-ortho nitro benzene ring substituents is 1. The van der Waals surface area contributed by atoms with Crippen molar-refractivity contribution < 1.29 is 45.2 Å². The lowest BCUT2D eigenvalue weighted by Crippen LogP contribution is -2.58. The number of phenolic OH excluding ortho intramolecular Hbond substituents is 1. The molecule has 0 fully saturated rings. The Morgan fingerprint density at radius 2 is 1.75 bits per heavy atom. The van der Waals surface area contributed by atoms with Crippen LogP contribution in [0.5, 0.6) is 5.75 Å². The summed E-state index contributed by atoms with van der Waals surface area (Å²) >= 11 is 0. The molecule has 2 rings (SSSR count). The fourth-order valence-electron chi connectivity index (χ4n) is 1.83. The summed E-state index contributed by atoms with van der Waals surface area (Å²) in [7, 11) is 0. The first-order chi connectivity index (χ1) is 12.8. The van der Waals surface area contributed by atoms with Crippen molar-refractivity contribution in [3.05, 3.63) is 46.2 Å². The molecule has 14 heteroatoms. The van der Waals surface area contributed by atoms with Crippen LogP contribution in [0.4, 0.5) is 36.4 Å². The maximum absolute atomic E-state index is 13.0. The van der Waals surface area contributed by atoms with Gasteiger partial charge in [0.25, 0.3) is 5.69 Å². The summed E-state index contributed by atoms with van der Waals surface area (Å²) in [6, 6.07) is -0.648. The number of hydrazone groups is 1. The maximum atomic E-state index is 13.0. The zero-order valence-corrected chi connectivity index (χ0v) is 13.2. The van der Waals surface area contributed by atoms with Crippen LogP contribution in [0.3, 0.4) is 0 Å². The molecule has 0 unspecified atom stereocenters. The van der Waals surface area contributed by atoms with E-state index in [9.17, 15) is 46.0 Å². The predicted octanol–water partition coefficient (Wildman–Crippen LogP) is 4.27. The van der Waals surface area contributed by atoms with Gasteiger partial charge >= 0.3 is 18.1 Å². The third-order valence-corrected chi connectivity index (χ3v) is 3.23. The molecule has 0 aliphatic heterocycles. The molecule has 0 amide bonds. The number of aromatic hydroxyl groups is 1. The van der Waals surface area contributed by atoms with Gasteiger partial charge in [-0.25, -0.2) is 5.43 Å². The third kappa shape index (κ3) is 3.99. The highest BCUT2D eigenvalue weighted by molar-refractivity contribution is 5.78. The molecule has 1 heterocycles. The SMILES string of the molecule is O=[N+]([O-])c1ccc(O)c(-c2ccc(/C=N/NC(F)(F)C(F)(F)C(F)(F)F)o2)c1. The van der Waals surface area contributed by atoms with Gasteiger partial charge in [-0.15, -0.1) is 0 Å². The zero-order chi connectivity index (χ0) is 21.3. The monoisotopic (exact) mass is 415 g/mol. The Morgan fingerprint density at radius 1 is 1.11 bits per heavy atom. The highest BCUT2D eigenvalue weighted by Crippen LogP contribution is 2.45. The quantitative estimate of drug-likeness (QED) is 0.241. The van der Waals surface area contributed by atoms with Crippen LogP contribution in [0.15, 0.2) is 39.9 Å². The molecule has 28 heavy (non-hydrogen) atoms. The fourth-order valence-corrected chi connectivity index (χ4v) is 1.83. The molecule has 2 aromatic rings. The molecule has 0 saturated heterocycles. The van der Waals surface area contributed by atoms with E-state index < -0.39 is 34.5 Å². The van der Waals surface area contributed by atoms with E-state index in [2.05, 4.69) is 5.10 Å². The molecule has 2 N–H and O–H groups in total. The number of hydrogen-bond donors (Lipinski definition) is 2. The van der Waals surface area contributed by atoms with Gasteiger partial charge < -0.3 is 9.52 Å². The Kier molecular flexibility index (Phi) is 5.26. The number of nitrogens with zero attached hydrogens (tertiary/aromatic N) is 2. The molecular formula is C14H8F7N3O4. The lowest BCUT2D eigenvalue weighted by molar-refractivity contribution is -0.384. The molecule has 0 spiro atoms. The summed E-state index contributed by atoms with van der Waals surface area (Å²) in [5.74, 6) is -7.40. The van der Waals surface area contributed by atoms with Gasteiger partial charge in [0.15, 0.2) is 0 Å². The molecule has 1 aromatic heterocycles. The van der Waals surface area contributed by atoms with E-state index in [0.717, 1.165) is 30.3 Å². The second-order valence-corrected chi connectivity index (χ2v) is 5.18. The van der Waals surface area contributed by atoms with Gasteiger partial charge in [0.1, 0.15) is 17.3 Å². The summed E-state index contributed by atoms with van der Waals surface area (Å²) < 4.78 is 92.4. The Hall–Kier alpha value is -3.32. The van der Waals surface area contributed by atoms with Crippen molar-refractivity contribution in [1.82, 2.24) is 5.43 Å². The summed E-state index contributed by atoms with van der Waals surface area (Å²) in [6.45, 7) is 0. The van der Waals surface area contributed by atoms with Gasteiger partial charge in [-0.2, -0.15) is 35.8 Å². The van der Waals surface area contributed by atoms with E-state index in [1.807, 2.05) is 0 Å². The van der Waals surface area contributed by atoms with Gasteiger partial charge in [-0.05, 0) is 18.2 Å². The maximum Gasteiger partial charge on any atom is 0.462 e. The minimum absolute atomic E-state index is 0.157. The first kappa shape index (κ1) is 21.0. The number of rotatable bonds is 6. The first-order valence-electron chi connectivity index (χ1n) is 6.96. The molecule has 0 atom stereocenters. The van der Waals surface area contributed by atoms with Crippen molar-refractivity contribution in [3.63, 3.8) is 0 Å². The number of phenols is 1. The summed E-state index contributed by atoms with van der Waals surface area (Å²) in [4.78, 5) is 9.98. The van der Waals surface area contributed by atoms with Gasteiger partial charge in [-0.1, -0.05) is 0 Å². The van der Waals surface area contributed by atoms with Crippen molar-refractivity contribution in [1.29, 1.82) is 0 Å². The number of hydrogen-bond acceptors (Lipinski definition) is 6. The summed E-state index contributed by atoms with van der Waals surface area (Å²) in [6.07, 6.45) is -6.14. The second kappa shape index (κ2) is 7.01. The second-order valence-electron chi connectivity index (χ2n) is 5.18. The number of nitrogens with one attached hydrogen (secondary N) is 1. The molecule has 0 aliphatic carbocycles. The van der Waals surface area contributed by atoms with Crippen LogP contribution in [0.2, 0.25) is 0 Å². The number of benzene rings is 1. The van der Waals surface area contributed by atoms with Crippen LogP contribution in [0, 0.1) is 10.1 Å². The topological polar surface area (TPSA) is 101 Å². The molecule has 0 radical (unpaired) electrons. The fraction of sp³-hybridized carbons (Fsp3) is 0.214. The van der Waals surface area contributed by atoms with Gasteiger partial charge in [0, 0.05) is 12.1 Å². The van der Waals surface area contributed by atoms with Crippen molar-refractivity contribution in [2.45, 2.75) is 18.1 Å². The Balaban J connectivity index is 2.20. The van der Waals surface area contributed by atoms with E-state index >= 15 is 0 Å². The van der Waals surface area contributed by atoms with Crippen LogP contribution >= 0.6 is 0 Å². The zero-order valence-electron chi connectivity index (χ0n) is 13.2. The average molecular weight is 415 g/mol. The van der Waals surface area contributed by atoms with Crippen LogP contribution in [-0.4, -0.2) is 34.4 Å². The minimum atomic E-state index is -6.52. The van der Waals surface area contributed by atoms with Crippen molar-refractivity contribution >= 4 is 11.9 Å². The first-order valence-corrected chi connectivity index (χ1v) is 6.96. The van der Waals surface area contributed by atoms with Crippen LogP contribution in [-0.2, 0) is 0 Å². The van der Waals surface area contributed by atoms with Crippen LogP contribution in [0.25, 0.3) is 11.3 Å². The molecule has 0 aliphatic rings. The average Bonchev–Trinajstić information content (AvgIpc) is 3.02. The summed E-state index contributed by atoms with van der Waals surface area (Å²) in [5, 5.41) is 23.0. The lowest BCUT2D eigenvalue weighted by atomic mass is 10.1. The number of alkyl halides is 7. The number of halogens is 7. The Morgan fingerprint density at radius 3 is 2.32 bits per heavy atom. The van der Waals surface area contributed by atoms with Crippen LogP contribution in [0.1, 0.15) is 5.76 Å².